The fraction of sp³-hybridized carbons (Fsp3) is 0.280. The molecule has 2 aliphatic rings. The van der Waals surface area contributed by atoms with Crippen LogP contribution in [-0.2, 0) is 4.79 Å². The lowest BCUT2D eigenvalue weighted by atomic mass is 9.68. The van der Waals surface area contributed by atoms with Crippen molar-refractivity contribution in [1.29, 1.82) is 5.26 Å². The van der Waals surface area contributed by atoms with Gasteiger partial charge in [0, 0.05) is 17.7 Å². The molecule has 0 amide bonds. The van der Waals surface area contributed by atoms with Gasteiger partial charge in [0.05, 0.1) is 24.7 Å². The lowest BCUT2D eigenvalue weighted by Crippen LogP contribution is -2.42. The van der Waals surface area contributed by atoms with E-state index in [0.717, 1.165) is 12.1 Å². The molecule has 0 saturated carbocycles. The molecule has 1 atom stereocenters. The minimum atomic E-state index is -0.826. The van der Waals surface area contributed by atoms with Crippen molar-refractivity contribution in [1.82, 2.24) is 0 Å². The van der Waals surface area contributed by atoms with E-state index in [9.17, 15) is 18.8 Å². The van der Waals surface area contributed by atoms with Crippen molar-refractivity contribution in [3.63, 3.8) is 0 Å². The van der Waals surface area contributed by atoms with E-state index in [0.29, 0.717) is 29.0 Å². The largest absolute Gasteiger partial charge is 0.497 e. The maximum Gasteiger partial charge on any atom is 0.162 e. The van der Waals surface area contributed by atoms with Crippen LogP contribution in [0.4, 0.5) is 14.5 Å². The predicted octanol–water partition coefficient (Wildman–Crippen LogP) is 4.91. The molecular formula is C25H23F2N3O2. The van der Waals surface area contributed by atoms with Crippen LogP contribution in [0.25, 0.3) is 0 Å². The number of anilines is 1. The molecule has 164 valence electrons. The molecule has 7 heteroatoms. The SMILES string of the molecule is COc1cccc([C@@H]2C(C#N)=C(N)N(c3c(F)cccc3F)C3=C2C(=O)CC(C)(C)C3)c1. The number of ketones is 1. The van der Waals surface area contributed by atoms with Gasteiger partial charge >= 0.3 is 0 Å². The highest BCUT2D eigenvalue weighted by atomic mass is 19.1. The topological polar surface area (TPSA) is 79.3 Å². The molecule has 1 aliphatic heterocycles. The molecule has 0 aromatic heterocycles. The van der Waals surface area contributed by atoms with E-state index in [1.165, 1.54) is 18.1 Å². The fourth-order valence-electron chi connectivity index (χ4n) is 4.62. The number of hydrogen-bond donors (Lipinski definition) is 1. The Morgan fingerprint density at radius 2 is 1.81 bits per heavy atom. The molecule has 4 rings (SSSR count). The molecule has 2 aromatic rings. The van der Waals surface area contributed by atoms with Gasteiger partial charge in [0.1, 0.15) is 28.9 Å². The van der Waals surface area contributed by atoms with E-state index in [1.807, 2.05) is 13.8 Å². The first-order chi connectivity index (χ1) is 15.2. The van der Waals surface area contributed by atoms with E-state index >= 15 is 0 Å². The molecular weight excluding hydrogens is 412 g/mol. The minimum absolute atomic E-state index is 0.0627. The van der Waals surface area contributed by atoms with Crippen LogP contribution in [0.15, 0.2) is 65.1 Å². The maximum absolute atomic E-state index is 14.8. The Balaban J connectivity index is 2.05. The molecule has 0 spiro atoms. The van der Waals surface area contributed by atoms with E-state index in [4.69, 9.17) is 10.5 Å². The van der Waals surface area contributed by atoms with Gasteiger partial charge in [-0.25, -0.2) is 8.78 Å². The molecule has 0 saturated heterocycles. The Labute approximate surface area is 185 Å². The third-order valence-electron chi connectivity index (χ3n) is 5.97. The van der Waals surface area contributed by atoms with Crippen LogP contribution < -0.4 is 15.4 Å². The van der Waals surface area contributed by atoms with Crippen molar-refractivity contribution >= 4 is 11.5 Å². The summed E-state index contributed by atoms with van der Waals surface area (Å²) in [4.78, 5) is 14.6. The zero-order valence-electron chi connectivity index (χ0n) is 18.1. The Morgan fingerprint density at radius 1 is 1.16 bits per heavy atom. The van der Waals surface area contributed by atoms with E-state index in [2.05, 4.69) is 6.07 Å². The minimum Gasteiger partial charge on any atom is -0.497 e. The number of methoxy groups -OCH3 is 1. The summed E-state index contributed by atoms with van der Waals surface area (Å²) in [6.45, 7) is 3.84. The number of halogens is 2. The van der Waals surface area contributed by atoms with Crippen molar-refractivity contribution in [2.75, 3.05) is 12.0 Å². The summed E-state index contributed by atoms with van der Waals surface area (Å²) in [7, 11) is 1.52. The average molecular weight is 435 g/mol. The van der Waals surface area contributed by atoms with Gasteiger partial charge in [-0.15, -0.1) is 0 Å². The Hall–Kier alpha value is -3.66. The lowest BCUT2D eigenvalue weighted by Gasteiger charge is -2.43. The molecule has 32 heavy (non-hydrogen) atoms. The first-order valence-electron chi connectivity index (χ1n) is 10.2. The molecule has 5 nitrogen and oxygen atoms in total. The van der Waals surface area contributed by atoms with E-state index < -0.39 is 23.0 Å². The number of hydrogen-bond acceptors (Lipinski definition) is 5. The summed E-state index contributed by atoms with van der Waals surface area (Å²) >= 11 is 0. The summed E-state index contributed by atoms with van der Waals surface area (Å²) in [5, 5.41) is 10.0. The molecule has 0 unspecified atom stereocenters. The van der Waals surface area contributed by atoms with Crippen LogP contribution in [0, 0.1) is 28.4 Å². The lowest BCUT2D eigenvalue weighted by molar-refractivity contribution is -0.118. The third-order valence-corrected chi connectivity index (χ3v) is 5.97. The zero-order chi connectivity index (χ0) is 23.2. The summed E-state index contributed by atoms with van der Waals surface area (Å²) in [5.41, 5.74) is 7.05. The van der Waals surface area contributed by atoms with Crippen LogP contribution in [0.1, 0.15) is 38.2 Å². The monoisotopic (exact) mass is 435 g/mol. The summed E-state index contributed by atoms with van der Waals surface area (Å²) in [6, 6.07) is 12.7. The zero-order valence-corrected chi connectivity index (χ0v) is 18.1. The number of para-hydroxylation sites is 1. The van der Waals surface area contributed by atoms with Crippen LogP contribution >= 0.6 is 0 Å². The second-order valence-electron chi connectivity index (χ2n) is 8.83. The number of allylic oxidation sites excluding steroid dienone is 3. The Bertz CT molecular complexity index is 1200. The molecule has 0 radical (unpaired) electrons. The van der Waals surface area contributed by atoms with Crippen LogP contribution in [-0.4, -0.2) is 12.9 Å². The highest BCUT2D eigenvalue weighted by Gasteiger charge is 2.45. The van der Waals surface area contributed by atoms with Crippen molar-refractivity contribution in [3.05, 3.63) is 82.3 Å². The molecule has 0 fully saturated rings. The first-order valence-corrected chi connectivity index (χ1v) is 10.2. The second kappa shape index (κ2) is 7.79. The summed E-state index contributed by atoms with van der Waals surface area (Å²) < 4.78 is 35.0. The summed E-state index contributed by atoms with van der Waals surface area (Å²) in [6.07, 6.45) is 0.611. The quantitative estimate of drug-likeness (QED) is 0.741. The van der Waals surface area contributed by atoms with E-state index in [1.54, 1.807) is 24.3 Å². The standard InChI is InChI=1S/C25H23F2N3O2/c1-25(2)11-19-22(20(31)12-25)21(14-6-4-7-15(10-14)32-3)16(13-28)24(29)30(19)23-17(26)8-5-9-18(23)27/h4-10,21H,11-12,29H2,1-3H3/t21-/m1/s1. The number of nitrogens with two attached hydrogens (primary N) is 1. The molecule has 2 N–H and O–H groups in total. The number of carbonyl (C=O) groups is 1. The fourth-order valence-corrected chi connectivity index (χ4v) is 4.62. The van der Waals surface area contributed by atoms with Gasteiger partial charge in [-0.3, -0.25) is 9.69 Å². The number of nitriles is 1. The normalized spacial score (nSPS) is 20.2. The molecule has 1 aliphatic carbocycles. The number of Topliss-reactive ketones (excluding diaryl/α,β-unsaturated/α-hetero) is 1. The van der Waals surface area contributed by atoms with Gasteiger partial charge in [0.15, 0.2) is 5.78 Å². The van der Waals surface area contributed by atoms with Crippen molar-refractivity contribution in [3.8, 4) is 11.8 Å². The molecule has 0 bridgehead atoms. The highest BCUT2D eigenvalue weighted by Crippen LogP contribution is 2.51. The Morgan fingerprint density at radius 3 is 2.44 bits per heavy atom. The van der Waals surface area contributed by atoms with Crippen LogP contribution in [0.3, 0.4) is 0 Å². The van der Waals surface area contributed by atoms with Gasteiger partial charge in [0.2, 0.25) is 0 Å². The number of nitrogens with zero attached hydrogens (tertiary/aromatic N) is 2. The van der Waals surface area contributed by atoms with Gasteiger partial charge in [-0.05, 0) is 41.7 Å². The number of rotatable bonds is 3. The van der Waals surface area contributed by atoms with Crippen LogP contribution in [0.2, 0.25) is 0 Å². The molecule has 2 aromatic carbocycles. The van der Waals surface area contributed by atoms with Crippen molar-refractivity contribution < 1.29 is 18.3 Å². The second-order valence-corrected chi connectivity index (χ2v) is 8.83. The maximum atomic E-state index is 14.8. The molecule has 1 heterocycles. The average Bonchev–Trinajstić information content (AvgIpc) is 2.73. The Kier molecular flexibility index (Phi) is 5.25. The van der Waals surface area contributed by atoms with Crippen molar-refractivity contribution in [2.24, 2.45) is 11.1 Å². The highest BCUT2D eigenvalue weighted by molar-refractivity contribution is 6.01. The van der Waals surface area contributed by atoms with E-state index in [-0.39, 0.29) is 29.3 Å². The van der Waals surface area contributed by atoms with Crippen molar-refractivity contribution in [2.45, 2.75) is 32.6 Å². The van der Waals surface area contributed by atoms with Gasteiger partial charge in [0.25, 0.3) is 0 Å². The van der Waals surface area contributed by atoms with Gasteiger partial charge in [-0.2, -0.15) is 5.26 Å². The first kappa shape index (κ1) is 21.6. The smallest absolute Gasteiger partial charge is 0.162 e. The van der Waals surface area contributed by atoms with Gasteiger partial charge < -0.3 is 10.5 Å². The summed E-state index contributed by atoms with van der Waals surface area (Å²) in [5.74, 6) is -2.11. The van der Waals surface area contributed by atoms with Gasteiger partial charge in [-0.1, -0.05) is 32.0 Å². The predicted molar refractivity (Wildman–Crippen MR) is 116 cm³/mol. The van der Waals surface area contributed by atoms with Crippen LogP contribution in [0.5, 0.6) is 5.75 Å². The number of carbonyl (C=O) groups excluding carboxylic acids is 1. The number of ether oxygens (including phenoxy) is 1. The number of benzene rings is 2. The third kappa shape index (κ3) is 3.42.